The lowest BCUT2D eigenvalue weighted by Gasteiger charge is -2.11. The zero-order valence-corrected chi connectivity index (χ0v) is 13.1. The van der Waals surface area contributed by atoms with Crippen LogP contribution in [0.15, 0.2) is 39.6 Å². The number of rotatable bonds is 3. The molecule has 10 heteroatoms. The Bertz CT molecular complexity index is 1020. The quantitative estimate of drug-likeness (QED) is 0.661. The molecule has 2 aromatic heterocycles. The summed E-state index contributed by atoms with van der Waals surface area (Å²) in [4.78, 5) is 14.9. The van der Waals surface area contributed by atoms with E-state index in [-0.39, 0.29) is 12.1 Å². The van der Waals surface area contributed by atoms with Gasteiger partial charge in [-0.25, -0.2) is 8.78 Å². The third-order valence-electron chi connectivity index (χ3n) is 3.64. The molecular weight excluding hydrogens is 361 g/mol. The predicted molar refractivity (Wildman–Crippen MR) is 79.2 cm³/mol. The van der Waals surface area contributed by atoms with E-state index in [2.05, 4.69) is 14.7 Å². The number of hydrogen-bond donors (Lipinski definition) is 0. The molecule has 3 rings (SSSR count). The summed E-state index contributed by atoms with van der Waals surface area (Å²) in [5.41, 5.74) is -0.596. The summed E-state index contributed by atoms with van der Waals surface area (Å²) in [5, 5.41) is 3.03. The van der Waals surface area contributed by atoms with E-state index in [9.17, 15) is 26.7 Å². The molecule has 0 spiro atoms. The van der Waals surface area contributed by atoms with Crippen LogP contribution in [0.3, 0.4) is 0 Å². The average molecular weight is 371 g/mol. The molecule has 0 radical (unpaired) electrons. The Morgan fingerprint density at radius 3 is 2.50 bits per heavy atom. The maximum Gasteiger partial charge on any atom is 0.471 e. The number of aromatic nitrogens is 3. The van der Waals surface area contributed by atoms with Gasteiger partial charge in [0.2, 0.25) is 5.82 Å². The first-order chi connectivity index (χ1) is 12.2. The van der Waals surface area contributed by atoms with Crippen LogP contribution < -0.4 is 5.56 Å². The Labute approximate surface area is 142 Å². The molecule has 1 aromatic carbocycles. The van der Waals surface area contributed by atoms with E-state index in [0.717, 1.165) is 6.07 Å². The van der Waals surface area contributed by atoms with Gasteiger partial charge in [0.05, 0.1) is 12.1 Å². The molecule has 0 saturated heterocycles. The molecule has 3 aromatic rings. The van der Waals surface area contributed by atoms with Crippen LogP contribution in [0.1, 0.15) is 17.1 Å². The number of benzene rings is 1. The lowest BCUT2D eigenvalue weighted by molar-refractivity contribution is -0.159. The predicted octanol–water partition coefficient (Wildman–Crippen LogP) is 3.55. The molecule has 26 heavy (non-hydrogen) atoms. The van der Waals surface area contributed by atoms with Crippen molar-refractivity contribution >= 4 is 0 Å². The van der Waals surface area contributed by atoms with Gasteiger partial charge in [0.1, 0.15) is 11.6 Å². The van der Waals surface area contributed by atoms with Gasteiger partial charge in [-0.1, -0.05) is 11.2 Å². The second kappa shape index (κ2) is 6.36. The van der Waals surface area contributed by atoms with E-state index in [1.54, 1.807) is 13.0 Å². The van der Waals surface area contributed by atoms with Crippen LogP contribution in [-0.4, -0.2) is 14.7 Å². The van der Waals surface area contributed by atoms with E-state index in [1.807, 2.05) is 0 Å². The molecule has 0 fully saturated rings. The number of pyridine rings is 1. The fourth-order valence-electron chi connectivity index (χ4n) is 2.32. The standard InChI is InChI=1S/C16H10F5N3O2/c1-8-3-2-4-13(25)24(8)7-9-5-12(18)10(6-11(9)17)14-22-15(26-23-14)16(19,20)21/h2-6H,7H2,1H3. The third-order valence-corrected chi connectivity index (χ3v) is 3.64. The van der Waals surface area contributed by atoms with Gasteiger partial charge in [0.25, 0.3) is 5.56 Å². The Balaban J connectivity index is 1.99. The van der Waals surface area contributed by atoms with Gasteiger partial charge < -0.3 is 9.09 Å². The number of halogens is 5. The first kappa shape index (κ1) is 17.8. The largest absolute Gasteiger partial charge is 0.471 e. The smallest absolute Gasteiger partial charge is 0.329 e. The maximum absolute atomic E-state index is 14.3. The van der Waals surface area contributed by atoms with Crippen molar-refractivity contribution in [2.45, 2.75) is 19.6 Å². The molecule has 5 nitrogen and oxygen atoms in total. The first-order valence-corrected chi connectivity index (χ1v) is 7.22. The number of nitrogens with zero attached hydrogens (tertiary/aromatic N) is 3. The summed E-state index contributed by atoms with van der Waals surface area (Å²) < 4.78 is 71.3. The van der Waals surface area contributed by atoms with E-state index in [4.69, 9.17) is 0 Å². The summed E-state index contributed by atoms with van der Waals surface area (Å²) in [6.07, 6.45) is -4.90. The van der Waals surface area contributed by atoms with Gasteiger partial charge in [-0.15, -0.1) is 0 Å². The van der Waals surface area contributed by atoms with E-state index in [0.29, 0.717) is 11.8 Å². The van der Waals surface area contributed by atoms with E-state index < -0.39 is 40.6 Å². The molecule has 0 aliphatic carbocycles. The fourth-order valence-corrected chi connectivity index (χ4v) is 2.32. The molecule has 0 bridgehead atoms. The third kappa shape index (κ3) is 3.35. The van der Waals surface area contributed by atoms with Crippen molar-refractivity contribution in [2.24, 2.45) is 0 Å². The van der Waals surface area contributed by atoms with Gasteiger partial charge in [0.15, 0.2) is 0 Å². The molecular formula is C16H10F5N3O2. The molecule has 0 atom stereocenters. The van der Waals surface area contributed by atoms with Gasteiger partial charge in [-0.05, 0) is 25.1 Å². The van der Waals surface area contributed by atoms with Crippen LogP contribution in [0.5, 0.6) is 0 Å². The minimum Gasteiger partial charge on any atom is -0.329 e. The van der Waals surface area contributed by atoms with Crippen LogP contribution in [0.4, 0.5) is 22.0 Å². The molecule has 0 N–H and O–H groups in total. The SMILES string of the molecule is Cc1cccc(=O)n1Cc1cc(F)c(-c2noc(C(F)(F)F)n2)cc1F. The molecule has 2 heterocycles. The van der Waals surface area contributed by atoms with E-state index >= 15 is 0 Å². The van der Waals surface area contributed by atoms with Crippen molar-refractivity contribution in [2.75, 3.05) is 0 Å². The molecule has 136 valence electrons. The van der Waals surface area contributed by atoms with Crippen molar-refractivity contribution in [3.63, 3.8) is 0 Å². The summed E-state index contributed by atoms with van der Waals surface area (Å²) >= 11 is 0. The number of aryl methyl sites for hydroxylation is 1. The van der Waals surface area contributed by atoms with Crippen LogP contribution in [0.25, 0.3) is 11.4 Å². The Morgan fingerprint density at radius 1 is 1.15 bits per heavy atom. The highest BCUT2D eigenvalue weighted by Gasteiger charge is 2.38. The van der Waals surface area contributed by atoms with Crippen LogP contribution >= 0.6 is 0 Å². The topological polar surface area (TPSA) is 60.9 Å². The highest BCUT2D eigenvalue weighted by molar-refractivity contribution is 5.56. The van der Waals surface area contributed by atoms with E-state index in [1.165, 1.54) is 16.7 Å². The van der Waals surface area contributed by atoms with Crippen molar-refractivity contribution in [3.8, 4) is 11.4 Å². The normalized spacial score (nSPS) is 11.8. The Kier molecular flexibility index (Phi) is 4.34. The molecule has 0 aliphatic heterocycles. The Morgan fingerprint density at radius 2 is 1.88 bits per heavy atom. The Hall–Kier alpha value is -3.04. The second-order valence-electron chi connectivity index (χ2n) is 5.44. The average Bonchev–Trinajstić information content (AvgIpc) is 3.04. The van der Waals surface area contributed by atoms with Crippen molar-refractivity contribution < 1.29 is 26.5 Å². The molecule has 0 amide bonds. The first-order valence-electron chi connectivity index (χ1n) is 7.22. The summed E-state index contributed by atoms with van der Waals surface area (Å²) in [7, 11) is 0. The van der Waals surface area contributed by atoms with Crippen molar-refractivity contribution in [1.82, 2.24) is 14.7 Å². The summed E-state index contributed by atoms with van der Waals surface area (Å²) in [6, 6.07) is 5.88. The zero-order valence-electron chi connectivity index (χ0n) is 13.1. The van der Waals surface area contributed by atoms with Crippen LogP contribution in [0.2, 0.25) is 0 Å². The monoisotopic (exact) mass is 371 g/mol. The van der Waals surface area contributed by atoms with Gasteiger partial charge in [-0.3, -0.25) is 4.79 Å². The zero-order chi connectivity index (χ0) is 19.1. The van der Waals surface area contributed by atoms with Gasteiger partial charge >= 0.3 is 12.1 Å². The van der Waals surface area contributed by atoms with Crippen molar-refractivity contribution in [3.05, 3.63) is 69.5 Å². The highest BCUT2D eigenvalue weighted by Crippen LogP contribution is 2.30. The summed E-state index contributed by atoms with van der Waals surface area (Å²) in [6.45, 7) is 1.39. The van der Waals surface area contributed by atoms with Crippen LogP contribution in [-0.2, 0) is 12.7 Å². The molecule has 0 aliphatic rings. The summed E-state index contributed by atoms with van der Waals surface area (Å²) in [5.74, 6) is -4.36. The van der Waals surface area contributed by atoms with Gasteiger partial charge in [-0.2, -0.15) is 18.2 Å². The van der Waals surface area contributed by atoms with Crippen molar-refractivity contribution in [1.29, 1.82) is 0 Å². The molecule has 0 saturated carbocycles. The lowest BCUT2D eigenvalue weighted by Crippen LogP contribution is -2.22. The lowest BCUT2D eigenvalue weighted by atomic mass is 10.1. The molecule has 0 unspecified atom stereocenters. The second-order valence-corrected chi connectivity index (χ2v) is 5.44. The van der Waals surface area contributed by atoms with Crippen LogP contribution in [0, 0.1) is 18.6 Å². The minimum absolute atomic E-state index is 0.151. The van der Waals surface area contributed by atoms with Gasteiger partial charge in [0, 0.05) is 17.3 Å². The number of hydrogen-bond acceptors (Lipinski definition) is 4. The minimum atomic E-state index is -4.90. The highest BCUT2D eigenvalue weighted by atomic mass is 19.4. The number of alkyl halides is 3. The fraction of sp³-hybridized carbons (Fsp3) is 0.188. The maximum atomic E-state index is 14.3.